The minimum absolute atomic E-state index is 0. The monoisotopic (exact) mass is 241 g/mol. The van der Waals surface area contributed by atoms with Crippen LogP contribution >= 0.6 is 0 Å². The molecule has 3 nitrogen and oxygen atoms in total. The largest absolute Gasteiger partial charge is 0.362 e. The van der Waals surface area contributed by atoms with Crippen molar-refractivity contribution in [3.63, 3.8) is 0 Å². The second-order valence-electron chi connectivity index (χ2n) is 1.78. The Labute approximate surface area is 78.6 Å². The van der Waals surface area contributed by atoms with E-state index in [4.69, 9.17) is 5.73 Å². The van der Waals surface area contributed by atoms with Gasteiger partial charge in [0.15, 0.2) is 0 Å². The van der Waals surface area contributed by atoms with Crippen LogP contribution in [0.4, 0.5) is 10.5 Å². The molecule has 4 heteroatoms. The molecule has 0 spiro atoms. The zero-order chi connectivity index (χ0) is 7.40. The molecular weight excluding hydrogens is 235 g/mol. The van der Waals surface area contributed by atoms with Gasteiger partial charge in [0.25, 0.3) is 0 Å². The minimum Gasteiger partial charge on any atom is -0.362 e. The molecule has 62 valence electrons. The molecule has 0 fully saturated rings. The van der Waals surface area contributed by atoms with Crippen LogP contribution in [0.3, 0.4) is 0 Å². The molecule has 1 aromatic rings. The summed E-state index contributed by atoms with van der Waals surface area (Å²) >= 11 is 0. The summed E-state index contributed by atoms with van der Waals surface area (Å²) in [5.41, 5.74) is 5.52. The van der Waals surface area contributed by atoms with Crippen molar-refractivity contribution in [2.24, 2.45) is 5.73 Å². The van der Waals surface area contributed by atoms with Gasteiger partial charge >= 0.3 is 6.03 Å². The van der Waals surface area contributed by atoms with Crippen molar-refractivity contribution in [2.45, 2.75) is 0 Å². The minimum atomic E-state index is -0.556. The van der Waals surface area contributed by atoms with Crippen molar-refractivity contribution in [1.82, 2.24) is 0 Å². The fourth-order valence-electron chi connectivity index (χ4n) is 0.613. The summed E-state index contributed by atoms with van der Waals surface area (Å²) in [6.07, 6.45) is 0. The zero-order valence-electron chi connectivity index (χ0n) is 5.61. The van der Waals surface area contributed by atoms with Gasteiger partial charge in [-0.2, -0.15) is 24.3 Å². The quantitative estimate of drug-likeness (QED) is 0.559. The summed E-state index contributed by atoms with van der Waals surface area (Å²) in [6.45, 7) is 0. The maximum absolute atomic E-state index is 10.3. The summed E-state index contributed by atoms with van der Waals surface area (Å²) in [4.78, 5) is 10.3. The molecule has 0 heterocycles. The molecular formula is C7H7N2OPd-. The van der Waals surface area contributed by atoms with Crippen molar-refractivity contribution >= 4 is 11.7 Å². The first-order valence-electron chi connectivity index (χ1n) is 2.81. The van der Waals surface area contributed by atoms with Crippen molar-refractivity contribution < 1.29 is 25.2 Å². The number of primary amides is 1. The number of nitrogens with two attached hydrogens (primary N) is 1. The van der Waals surface area contributed by atoms with Gasteiger partial charge in [-0.1, -0.05) is 5.69 Å². The fourth-order valence-corrected chi connectivity index (χ4v) is 0.613. The summed E-state index contributed by atoms with van der Waals surface area (Å²) in [5.74, 6) is 0. The Hall–Kier alpha value is -0.848. The maximum atomic E-state index is 10.3. The van der Waals surface area contributed by atoms with Crippen LogP contribution in [0.1, 0.15) is 0 Å². The fraction of sp³-hybridized carbons (Fsp3) is 0. The second kappa shape index (κ2) is 4.89. The Morgan fingerprint density at radius 2 is 2.36 bits per heavy atom. The topological polar surface area (TPSA) is 55.1 Å². The molecule has 1 aromatic carbocycles. The molecule has 3 N–H and O–H groups in total. The average molecular weight is 242 g/mol. The van der Waals surface area contributed by atoms with Crippen LogP contribution in [0.15, 0.2) is 24.3 Å². The molecule has 0 aliphatic heterocycles. The van der Waals surface area contributed by atoms with Crippen molar-refractivity contribution in [2.75, 3.05) is 5.32 Å². The zero-order valence-corrected chi connectivity index (χ0v) is 7.17. The van der Waals surface area contributed by atoms with E-state index in [0.717, 1.165) is 0 Å². The molecule has 0 radical (unpaired) electrons. The van der Waals surface area contributed by atoms with E-state index in [9.17, 15) is 4.79 Å². The van der Waals surface area contributed by atoms with E-state index >= 15 is 0 Å². The Balaban J connectivity index is 0.000001000. The van der Waals surface area contributed by atoms with E-state index in [1.807, 2.05) is 0 Å². The van der Waals surface area contributed by atoms with E-state index < -0.39 is 6.03 Å². The summed E-state index contributed by atoms with van der Waals surface area (Å²) in [7, 11) is 0. The van der Waals surface area contributed by atoms with Crippen LogP contribution < -0.4 is 11.1 Å². The number of amides is 2. The van der Waals surface area contributed by atoms with Gasteiger partial charge < -0.3 is 11.1 Å². The third kappa shape index (κ3) is 3.76. The first kappa shape index (κ1) is 10.2. The molecule has 0 atom stereocenters. The second-order valence-corrected chi connectivity index (χ2v) is 1.78. The Morgan fingerprint density at radius 3 is 2.82 bits per heavy atom. The van der Waals surface area contributed by atoms with Gasteiger partial charge in [0.1, 0.15) is 0 Å². The molecule has 0 saturated heterocycles. The van der Waals surface area contributed by atoms with E-state index in [2.05, 4.69) is 11.4 Å². The number of benzene rings is 1. The number of rotatable bonds is 1. The predicted octanol–water partition coefficient (Wildman–Crippen LogP) is 0.975. The average Bonchev–Trinajstić information content (AvgIpc) is 1.88. The summed E-state index contributed by atoms with van der Waals surface area (Å²) in [5, 5.41) is 2.41. The van der Waals surface area contributed by atoms with Crippen LogP contribution in [0.5, 0.6) is 0 Å². The van der Waals surface area contributed by atoms with Gasteiger partial charge in [-0.15, -0.1) is 6.07 Å². The van der Waals surface area contributed by atoms with Gasteiger partial charge in [0, 0.05) is 20.4 Å². The van der Waals surface area contributed by atoms with E-state index in [0.29, 0.717) is 5.69 Å². The molecule has 0 saturated carbocycles. The SMILES string of the molecule is NC(=O)Nc1c[c-]ccc1.[Pd]. The first-order chi connectivity index (χ1) is 4.79. The maximum Gasteiger partial charge on any atom is 0.305 e. The number of anilines is 1. The van der Waals surface area contributed by atoms with Crippen LogP contribution in [0.25, 0.3) is 0 Å². The smallest absolute Gasteiger partial charge is 0.305 e. The van der Waals surface area contributed by atoms with Gasteiger partial charge in [-0.05, 0) is 0 Å². The van der Waals surface area contributed by atoms with Crippen LogP contribution in [-0.4, -0.2) is 6.03 Å². The number of carbonyl (C=O) groups is 1. The molecule has 11 heavy (non-hydrogen) atoms. The standard InChI is InChI=1S/C7H7N2O.Pd/c8-7(10)9-6-4-2-1-3-5-6;/h1-2,4-5H,(H3,8,9,10);/q-1;. The Morgan fingerprint density at radius 1 is 1.64 bits per heavy atom. The number of carbonyl (C=O) groups excluding carboxylic acids is 1. The first-order valence-corrected chi connectivity index (χ1v) is 2.81. The van der Waals surface area contributed by atoms with E-state index in [1.54, 1.807) is 24.3 Å². The van der Waals surface area contributed by atoms with Crippen LogP contribution in [0, 0.1) is 6.07 Å². The van der Waals surface area contributed by atoms with Crippen molar-refractivity contribution in [3.05, 3.63) is 30.3 Å². The molecule has 0 bridgehead atoms. The van der Waals surface area contributed by atoms with Gasteiger partial charge in [-0.25, -0.2) is 4.79 Å². The summed E-state index contributed by atoms with van der Waals surface area (Å²) in [6, 6.07) is 9.13. The van der Waals surface area contributed by atoms with Crippen LogP contribution in [-0.2, 0) is 20.4 Å². The van der Waals surface area contributed by atoms with Crippen molar-refractivity contribution in [3.8, 4) is 0 Å². The number of urea groups is 1. The van der Waals surface area contributed by atoms with Crippen LogP contribution in [0.2, 0.25) is 0 Å². The van der Waals surface area contributed by atoms with Gasteiger partial charge in [-0.3, -0.25) is 0 Å². The Bertz CT molecular complexity index is 225. The van der Waals surface area contributed by atoms with Crippen molar-refractivity contribution in [1.29, 1.82) is 0 Å². The Kier molecular flexibility index (Phi) is 4.51. The molecule has 1 rings (SSSR count). The third-order valence-corrected chi connectivity index (χ3v) is 0.975. The molecule has 0 unspecified atom stereocenters. The number of hydrogen-bond donors (Lipinski definition) is 2. The normalized spacial score (nSPS) is 8.00. The van der Waals surface area contributed by atoms with E-state index in [-0.39, 0.29) is 20.4 Å². The van der Waals surface area contributed by atoms with E-state index in [1.165, 1.54) is 0 Å². The molecule has 0 aliphatic rings. The predicted molar refractivity (Wildman–Crippen MR) is 38.5 cm³/mol. The molecule has 0 aliphatic carbocycles. The number of nitrogens with one attached hydrogen (secondary N) is 1. The van der Waals surface area contributed by atoms with Gasteiger partial charge in [0.2, 0.25) is 0 Å². The molecule has 2 amide bonds. The summed E-state index contributed by atoms with van der Waals surface area (Å²) < 4.78 is 0. The molecule has 0 aromatic heterocycles. The number of hydrogen-bond acceptors (Lipinski definition) is 1. The third-order valence-electron chi connectivity index (χ3n) is 0.975. The van der Waals surface area contributed by atoms with Gasteiger partial charge in [0.05, 0.1) is 0 Å².